The van der Waals surface area contributed by atoms with Crippen molar-refractivity contribution in [1.82, 2.24) is 9.71 Å². The topological polar surface area (TPSA) is 68.3 Å². The first-order chi connectivity index (χ1) is 10.0. The number of benzene rings is 1. The monoisotopic (exact) mass is 326 g/mol. The zero-order valence-electron chi connectivity index (χ0n) is 12.0. The van der Waals surface area contributed by atoms with Gasteiger partial charge in [0.25, 0.3) is 0 Å². The highest BCUT2D eigenvalue weighted by molar-refractivity contribution is 7.89. The molecule has 0 radical (unpaired) electrons. The van der Waals surface area contributed by atoms with Gasteiger partial charge in [-0.05, 0) is 44.5 Å². The summed E-state index contributed by atoms with van der Waals surface area (Å²) >= 11 is 1.54. The Hall–Kier alpha value is -1.44. The predicted molar refractivity (Wildman–Crippen MR) is 83.4 cm³/mol. The van der Waals surface area contributed by atoms with Gasteiger partial charge in [0.15, 0.2) is 0 Å². The molecule has 1 aromatic carbocycles. The van der Waals surface area contributed by atoms with E-state index in [4.69, 9.17) is 4.74 Å². The van der Waals surface area contributed by atoms with Crippen LogP contribution in [0.2, 0.25) is 0 Å². The van der Waals surface area contributed by atoms with Gasteiger partial charge in [-0.1, -0.05) is 0 Å². The molecule has 2 aromatic rings. The van der Waals surface area contributed by atoms with Gasteiger partial charge in [-0.25, -0.2) is 18.1 Å². The van der Waals surface area contributed by atoms with Gasteiger partial charge in [0, 0.05) is 11.4 Å². The lowest BCUT2D eigenvalue weighted by atomic mass is 10.3. The van der Waals surface area contributed by atoms with Crippen molar-refractivity contribution in [2.75, 3.05) is 13.2 Å². The number of nitrogens with zero attached hydrogens (tertiary/aromatic N) is 1. The number of nitrogens with one attached hydrogen (secondary N) is 1. The highest BCUT2D eigenvalue weighted by Gasteiger charge is 2.13. The summed E-state index contributed by atoms with van der Waals surface area (Å²) in [6.07, 6.45) is 0.646. The van der Waals surface area contributed by atoms with E-state index in [9.17, 15) is 8.42 Å². The standard InChI is InChI=1S/C14H18N2O3S2/c1-3-19-12-4-6-13(7-5-12)21(17,18)16-9-8-14-11(2)15-10-20-14/h4-7,10,16H,3,8-9H2,1-2H3. The molecule has 0 saturated heterocycles. The van der Waals surface area contributed by atoms with E-state index in [1.54, 1.807) is 41.1 Å². The summed E-state index contributed by atoms with van der Waals surface area (Å²) in [6, 6.07) is 6.41. The Bertz CT molecular complexity index is 678. The van der Waals surface area contributed by atoms with Crippen LogP contribution in [0.15, 0.2) is 34.7 Å². The van der Waals surface area contributed by atoms with Gasteiger partial charge in [0.2, 0.25) is 10.0 Å². The predicted octanol–water partition coefficient (Wildman–Crippen LogP) is 2.37. The second-order valence-electron chi connectivity index (χ2n) is 4.41. The molecule has 7 heteroatoms. The SMILES string of the molecule is CCOc1ccc(S(=O)(=O)NCCc2scnc2C)cc1. The fourth-order valence-corrected chi connectivity index (χ4v) is 3.64. The van der Waals surface area contributed by atoms with Crippen molar-refractivity contribution >= 4 is 21.4 Å². The average molecular weight is 326 g/mol. The van der Waals surface area contributed by atoms with Crippen LogP contribution >= 0.6 is 11.3 Å². The first-order valence-corrected chi connectivity index (χ1v) is 9.00. The van der Waals surface area contributed by atoms with E-state index in [0.717, 1.165) is 10.6 Å². The summed E-state index contributed by atoms with van der Waals surface area (Å²) in [7, 11) is -3.48. The van der Waals surface area contributed by atoms with Crippen LogP contribution in [0.1, 0.15) is 17.5 Å². The Balaban J connectivity index is 1.96. The highest BCUT2D eigenvalue weighted by Crippen LogP contribution is 2.16. The Kier molecular flexibility index (Phi) is 5.33. The van der Waals surface area contributed by atoms with Crippen LogP contribution in [-0.4, -0.2) is 26.6 Å². The number of rotatable bonds is 7. The lowest BCUT2D eigenvalue weighted by Crippen LogP contribution is -2.25. The molecule has 0 unspecified atom stereocenters. The summed E-state index contributed by atoms with van der Waals surface area (Å²) < 4.78 is 32.2. The van der Waals surface area contributed by atoms with Gasteiger partial charge in [-0.15, -0.1) is 11.3 Å². The molecule has 0 bridgehead atoms. The number of aryl methyl sites for hydroxylation is 1. The van der Waals surface area contributed by atoms with Gasteiger partial charge in [-0.3, -0.25) is 0 Å². The normalized spacial score (nSPS) is 11.5. The lowest BCUT2D eigenvalue weighted by Gasteiger charge is -2.08. The zero-order chi connectivity index (χ0) is 15.3. The van der Waals surface area contributed by atoms with Crippen molar-refractivity contribution in [3.8, 4) is 5.75 Å². The molecule has 21 heavy (non-hydrogen) atoms. The second kappa shape index (κ2) is 7.02. The van der Waals surface area contributed by atoms with E-state index in [1.807, 2.05) is 13.8 Å². The van der Waals surface area contributed by atoms with Crippen LogP contribution in [0.3, 0.4) is 0 Å². The Morgan fingerprint density at radius 3 is 2.57 bits per heavy atom. The summed E-state index contributed by atoms with van der Waals surface area (Å²) in [5.41, 5.74) is 2.73. The van der Waals surface area contributed by atoms with E-state index in [1.165, 1.54) is 0 Å². The maximum Gasteiger partial charge on any atom is 0.240 e. The fourth-order valence-electron chi connectivity index (χ4n) is 1.83. The van der Waals surface area contributed by atoms with Crippen molar-refractivity contribution < 1.29 is 13.2 Å². The molecule has 0 saturated carbocycles. The maximum absolute atomic E-state index is 12.2. The first-order valence-electron chi connectivity index (χ1n) is 6.64. The lowest BCUT2D eigenvalue weighted by molar-refractivity contribution is 0.340. The molecule has 5 nitrogen and oxygen atoms in total. The summed E-state index contributed by atoms with van der Waals surface area (Å²) in [6.45, 7) is 4.72. The minimum absolute atomic E-state index is 0.243. The van der Waals surface area contributed by atoms with Crippen LogP contribution < -0.4 is 9.46 Å². The molecule has 0 aliphatic heterocycles. The first kappa shape index (κ1) is 15.9. The molecule has 0 atom stereocenters. The van der Waals surface area contributed by atoms with Crippen molar-refractivity contribution in [1.29, 1.82) is 0 Å². The third kappa shape index (κ3) is 4.26. The number of ether oxygens (including phenoxy) is 1. The van der Waals surface area contributed by atoms with E-state index in [0.29, 0.717) is 25.3 Å². The average Bonchev–Trinajstić information content (AvgIpc) is 2.85. The highest BCUT2D eigenvalue weighted by atomic mass is 32.2. The van der Waals surface area contributed by atoms with Crippen LogP contribution in [0.4, 0.5) is 0 Å². The van der Waals surface area contributed by atoms with Gasteiger partial charge in [0.1, 0.15) is 5.75 Å². The summed E-state index contributed by atoms with van der Waals surface area (Å²) in [4.78, 5) is 5.49. The minimum atomic E-state index is -3.48. The van der Waals surface area contributed by atoms with Gasteiger partial charge in [-0.2, -0.15) is 0 Å². The second-order valence-corrected chi connectivity index (χ2v) is 7.12. The Labute approximate surface area is 129 Å². The Morgan fingerprint density at radius 2 is 2.00 bits per heavy atom. The van der Waals surface area contributed by atoms with Crippen molar-refractivity contribution in [2.45, 2.75) is 25.2 Å². The van der Waals surface area contributed by atoms with Crippen molar-refractivity contribution in [3.63, 3.8) is 0 Å². The van der Waals surface area contributed by atoms with Crippen molar-refractivity contribution in [2.24, 2.45) is 0 Å². The minimum Gasteiger partial charge on any atom is -0.494 e. The third-order valence-corrected chi connectivity index (χ3v) is 5.41. The van der Waals surface area contributed by atoms with Crippen LogP contribution in [-0.2, 0) is 16.4 Å². The van der Waals surface area contributed by atoms with E-state index in [-0.39, 0.29) is 4.90 Å². The summed E-state index contributed by atoms with van der Waals surface area (Å²) in [5.74, 6) is 0.664. The quantitative estimate of drug-likeness (QED) is 0.848. The fraction of sp³-hybridized carbons (Fsp3) is 0.357. The van der Waals surface area contributed by atoms with E-state index in [2.05, 4.69) is 9.71 Å². The van der Waals surface area contributed by atoms with Crippen LogP contribution in [0.25, 0.3) is 0 Å². The number of hydrogen-bond acceptors (Lipinski definition) is 5. The van der Waals surface area contributed by atoms with Crippen LogP contribution in [0, 0.1) is 6.92 Å². The molecular formula is C14H18N2O3S2. The third-order valence-electron chi connectivity index (χ3n) is 2.93. The number of hydrogen-bond donors (Lipinski definition) is 1. The number of thiazole rings is 1. The summed E-state index contributed by atoms with van der Waals surface area (Å²) in [5, 5.41) is 0. The van der Waals surface area contributed by atoms with Gasteiger partial charge in [0.05, 0.1) is 22.7 Å². The van der Waals surface area contributed by atoms with E-state index < -0.39 is 10.0 Å². The van der Waals surface area contributed by atoms with Crippen LogP contribution in [0.5, 0.6) is 5.75 Å². The van der Waals surface area contributed by atoms with E-state index >= 15 is 0 Å². The molecular weight excluding hydrogens is 308 g/mol. The van der Waals surface area contributed by atoms with Gasteiger partial charge >= 0.3 is 0 Å². The van der Waals surface area contributed by atoms with Crippen molar-refractivity contribution in [3.05, 3.63) is 40.3 Å². The molecule has 0 aliphatic rings. The largest absolute Gasteiger partial charge is 0.494 e. The molecule has 0 fully saturated rings. The molecule has 1 heterocycles. The Morgan fingerprint density at radius 1 is 1.29 bits per heavy atom. The smallest absolute Gasteiger partial charge is 0.240 e. The molecule has 1 aromatic heterocycles. The molecule has 114 valence electrons. The molecule has 0 amide bonds. The number of aromatic nitrogens is 1. The zero-order valence-corrected chi connectivity index (χ0v) is 13.6. The molecule has 1 N–H and O–H groups in total. The maximum atomic E-state index is 12.2. The number of sulfonamides is 1. The van der Waals surface area contributed by atoms with Gasteiger partial charge < -0.3 is 4.74 Å². The molecule has 2 rings (SSSR count). The molecule has 0 aliphatic carbocycles. The molecule has 0 spiro atoms.